The van der Waals surface area contributed by atoms with Gasteiger partial charge in [-0.1, -0.05) is 52.0 Å². The van der Waals surface area contributed by atoms with E-state index in [4.69, 9.17) is 0 Å². The third-order valence-electron chi connectivity index (χ3n) is 6.03. The van der Waals surface area contributed by atoms with Crippen molar-refractivity contribution in [1.29, 1.82) is 0 Å². The van der Waals surface area contributed by atoms with Gasteiger partial charge in [-0.2, -0.15) is 0 Å². The van der Waals surface area contributed by atoms with Crippen molar-refractivity contribution < 1.29 is 19.5 Å². The van der Waals surface area contributed by atoms with Crippen LogP contribution in [0.4, 0.5) is 0 Å². The number of nitrogens with zero attached hydrogens (tertiary/aromatic N) is 2. The third kappa shape index (κ3) is 6.01. The lowest BCUT2D eigenvalue weighted by Gasteiger charge is -2.35. The van der Waals surface area contributed by atoms with E-state index in [1.54, 1.807) is 18.3 Å². The molecule has 1 saturated heterocycles. The van der Waals surface area contributed by atoms with E-state index in [1.165, 1.54) is 4.90 Å². The number of rotatable bonds is 7. The summed E-state index contributed by atoms with van der Waals surface area (Å²) in [7, 11) is 0. The minimum absolute atomic E-state index is 0.0639. The second kappa shape index (κ2) is 10.7. The molecule has 1 fully saturated rings. The smallest absolute Gasteiger partial charge is 0.246 e. The van der Waals surface area contributed by atoms with Crippen LogP contribution < -0.4 is 10.6 Å². The van der Waals surface area contributed by atoms with Crippen molar-refractivity contribution in [1.82, 2.24) is 20.5 Å². The predicted octanol–water partition coefficient (Wildman–Crippen LogP) is 2.64. The molecule has 3 amide bonds. The molecule has 0 radical (unpaired) electrons. The van der Waals surface area contributed by atoms with Gasteiger partial charge in [0.1, 0.15) is 12.1 Å². The number of amides is 3. The maximum absolute atomic E-state index is 13.4. The van der Waals surface area contributed by atoms with Gasteiger partial charge in [0.05, 0.1) is 22.2 Å². The van der Waals surface area contributed by atoms with E-state index in [0.717, 1.165) is 21.7 Å². The number of nitrogens with one attached hydrogen (secondary N) is 2. The summed E-state index contributed by atoms with van der Waals surface area (Å²) < 4.78 is 0. The van der Waals surface area contributed by atoms with Crippen LogP contribution in [-0.2, 0) is 20.9 Å². The summed E-state index contributed by atoms with van der Waals surface area (Å²) in [6, 6.07) is 6.34. The molecule has 1 aliphatic rings. The first-order valence-corrected chi connectivity index (χ1v) is 12.4. The first kappa shape index (κ1) is 25.8. The number of hydrogen-bond donors (Lipinski definition) is 3. The number of aliphatic hydroxyl groups is 1. The number of β-amino-alcohol motifs (C(OH)–C–C–N with tert-alkyl or cyclic N) is 1. The fraction of sp³-hybridized carbons (Fsp3) is 0.520. The second-order valence-electron chi connectivity index (χ2n) is 9.80. The van der Waals surface area contributed by atoms with Crippen LogP contribution in [0.3, 0.4) is 0 Å². The van der Waals surface area contributed by atoms with Crippen LogP contribution in [0.1, 0.15) is 51.8 Å². The molecule has 3 rings (SSSR count). The first-order valence-electron chi connectivity index (χ1n) is 11.6. The molecule has 0 spiro atoms. The molecule has 184 valence electrons. The average Bonchev–Trinajstić information content (AvgIpc) is 3.40. The summed E-state index contributed by atoms with van der Waals surface area (Å²) in [5, 5.41) is 15.9. The van der Waals surface area contributed by atoms with Crippen LogP contribution in [0.25, 0.3) is 10.4 Å². The summed E-state index contributed by atoms with van der Waals surface area (Å²) in [6.07, 6.45) is -0.364. The molecule has 9 heteroatoms. The van der Waals surface area contributed by atoms with Crippen molar-refractivity contribution in [2.75, 3.05) is 6.54 Å². The van der Waals surface area contributed by atoms with Crippen LogP contribution in [0.15, 0.2) is 29.8 Å². The van der Waals surface area contributed by atoms with E-state index in [0.29, 0.717) is 6.54 Å². The van der Waals surface area contributed by atoms with Crippen molar-refractivity contribution in [2.45, 2.75) is 72.2 Å². The van der Waals surface area contributed by atoms with Gasteiger partial charge in [0.15, 0.2) is 0 Å². The lowest BCUT2D eigenvalue weighted by molar-refractivity contribution is -0.144. The van der Waals surface area contributed by atoms with Gasteiger partial charge in [0.2, 0.25) is 17.7 Å². The topological polar surface area (TPSA) is 112 Å². The molecule has 3 atom stereocenters. The van der Waals surface area contributed by atoms with E-state index in [2.05, 4.69) is 15.6 Å². The van der Waals surface area contributed by atoms with Crippen molar-refractivity contribution in [3.8, 4) is 10.4 Å². The third-order valence-corrected chi connectivity index (χ3v) is 7.01. The summed E-state index contributed by atoms with van der Waals surface area (Å²) in [4.78, 5) is 45.2. The zero-order valence-corrected chi connectivity index (χ0v) is 21.2. The van der Waals surface area contributed by atoms with Crippen molar-refractivity contribution in [3.63, 3.8) is 0 Å². The minimum Gasteiger partial charge on any atom is -0.391 e. The van der Waals surface area contributed by atoms with Crippen LogP contribution in [0.5, 0.6) is 0 Å². The van der Waals surface area contributed by atoms with Gasteiger partial charge >= 0.3 is 0 Å². The SMILES string of the molecule is CCC(=O)N[C@@H](C(=O)N1C[C@@H](O)C[C@@H]1C(=O)NCc1ccc(-c2scnc2C)cc1)C(C)(C)C. The Labute approximate surface area is 204 Å². The van der Waals surface area contributed by atoms with Crippen LogP contribution >= 0.6 is 11.3 Å². The highest BCUT2D eigenvalue weighted by Gasteiger charge is 2.44. The standard InChI is InChI=1S/C25H34N4O4S/c1-6-20(31)28-22(25(3,4)5)24(33)29-13-18(30)11-19(29)23(32)26-12-16-7-9-17(10-8-16)21-15(2)27-14-34-21/h7-10,14,18-19,22,30H,6,11-13H2,1-5H3,(H,26,32)(H,28,31)/t18-,19+,22-/m0/s1. The number of thiazole rings is 1. The summed E-state index contributed by atoms with van der Waals surface area (Å²) in [5.41, 5.74) is 4.26. The van der Waals surface area contributed by atoms with Gasteiger partial charge in [-0.05, 0) is 23.5 Å². The van der Waals surface area contributed by atoms with Crippen LogP contribution in [0.2, 0.25) is 0 Å². The molecule has 0 unspecified atom stereocenters. The zero-order chi connectivity index (χ0) is 25.0. The molecule has 1 aromatic heterocycles. The van der Waals surface area contributed by atoms with Gasteiger partial charge < -0.3 is 20.6 Å². The Morgan fingerprint density at radius 1 is 1.24 bits per heavy atom. The largest absolute Gasteiger partial charge is 0.391 e. The fourth-order valence-corrected chi connectivity index (χ4v) is 4.86. The van der Waals surface area contributed by atoms with E-state index in [1.807, 2.05) is 57.5 Å². The van der Waals surface area contributed by atoms with Gasteiger partial charge in [-0.15, -0.1) is 11.3 Å². The van der Waals surface area contributed by atoms with Crippen LogP contribution in [-0.4, -0.2) is 57.4 Å². The maximum atomic E-state index is 13.4. The number of aromatic nitrogens is 1. The molecule has 3 N–H and O–H groups in total. The Morgan fingerprint density at radius 3 is 2.47 bits per heavy atom. The van der Waals surface area contributed by atoms with E-state index >= 15 is 0 Å². The maximum Gasteiger partial charge on any atom is 0.246 e. The predicted molar refractivity (Wildman–Crippen MR) is 132 cm³/mol. The summed E-state index contributed by atoms with van der Waals surface area (Å²) in [6.45, 7) is 9.67. The van der Waals surface area contributed by atoms with Crippen LogP contribution in [0, 0.1) is 12.3 Å². The van der Waals surface area contributed by atoms with E-state index < -0.39 is 23.6 Å². The summed E-state index contributed by atoms with van der Waals surface area (Å²) in [5.74, 6) is -0.900. The van der Waals surface area contributed by atoms with Crippen molar-refractivity contribution >= 4 is 29.1 Å². The Balaban J connectivity index is 1.67. The second-order valence-corrected chi connectivity index (χ2v) is 10.7. The molecule has 0 bridgehead atoms. The summed E-state index contributed by atoms with van der Waals surface area (Å²) >= 11 is 1.59. The fourth-order valence-electron chi connectivity index (χ4n) is 4.04. The number of hydrogen-bond acceptors (Lipinski definition) is 6. The molecule has 0 aliphatic carbocycles. The zero-order valence-electron chi connectivity index (χ0n) is 20.4. The molecule has 8 nitrogen and oxygen atoms in total. The molecular formula is C25H34N4O4S. The van der Waals surface area contributed by atoms with Crippen molar-refractivity contribution in [2.24, 2.45) is 5.41 Å². The van der Waals surface area contributed by atoms with Gasteiger partial charge in [-0.3, -0.25) is 14.4 Å². The molecule has 1 aliphatic heterocycles. The number of aryl methyl sites for hydroxylation is 1. The molecule has 2 heterocycles. The molecule has 1 aromatic carbocycles. The van der Waals surface area contributed by atoms with Gasteiger partial charge in [0, 0.05) is 25.9 Å². The lowest BCUT2D eigenvalue weighted by Crippen LogP contribution is -2.57. The highest BCUT2D eigenvalue weighted by Crippen LogP contribution is 2.28. The molecular weight excluding hydrogens is 452 g/mol. The number of benzene rings is 1. The average molecular weight is 487 g/mol. The Morgan fingerprint density at radius 2 is 1.91 bits per heavy atom. The van der Waals surface area contributed by atoms with E-state index in [9.17, 15) is 19.5 Å². The number of carbonyl (C=O) groups is 3. The molecule has 0 saturated carbocycles. The highest BCUT2D eigenvalue weighted by atomic mass is 32.1. The Kier molecular flexibility index (Phi) is 8.09. The normalized spacial score (nSPS) is 19.1. The number of aliphatic hydroxyl groups excluding tert-OH is 1. The molecule has 2 aromatic rings. The van der Waals surface area contributed by atoms with Gasteiger partial charge in [0.25, 0.3) is 0 Å². The van der Waals surface area contributed by atoms with Crippen molar-refractivity contribution in [3.05, 3.63) is 41.0 Å². The number of carbonyl (C=O) groups excluding carboxylic acids is 3. The van der Waals surface area contributed by atoms with E-state index in [-0.39, 0.29) is 37.1 Å². The van der Waals surface area contributed by atoms with Gasteiger partial charge in [-0.25, -0.2) is 4.98 Å². The Bertz CT molecular complexity index is 1030. The Hall–Kier alpha value is -2.78. The quantitative estimate of drug-likeness (QED) is 0.557. The number of likely N-dealkylation sites (tertiary alicyclic amines) is 1. The highest BCUT2D eigenvalue weighted by molar-refractivity contribution is 7.13. The minimum atomic E-state index is -0.789. The monoisotopic (exact) mass is 486 g/mol. The lowest BCUT2D eigenvalue weighted by atomic mass is 9.85. The first-order chi connectivity index (χ1) is 16.0. The molecule has 34 heavy (non-hydrogen) atoms.